The molecule has 0 bridgehead atoms. The fourth-order valence-corrected chi connectivity index (χ4v) is 1.68. The second-order valence-electron chi connectivity index (χ2n) is 3.88. The van der Waals surface area contributed by atoms with Gasteiger partial charge in [-0.3, -0.25) is 9.78 Å². The van der Waals surface area contributed by atoms with Gasteiger partial charge in [-0.1, -0.05) is 6.07 Å². The van der Waals surface area contributed by atoms with Crippen molar-refractivity contribution in [1.82, 2.24) is 10.3 Å². The summed E-state index contributed by atoms with van der Waals surface area (Å²) in [6, 6.07) is 8.89. The number of aromatic nitrogens is 1. The number of hydrogen-bond donors (Lipinski definition) is 2. The van der Waals surface area contributed by atoms with E-state index in [1.807, 2.05) is 30.3 Å². The number of ether oxygens (including phenoxy) is 1. The predicted octanol–water partition coefficient (Wildman–Crippen LogP) is 0.687. The zero-order valence-electron chi connectivity index (χ0n) is 10.1. The van der Waals surface area contributed by atoms with Crippen LogP contribution in [0.15, 0.2) is 36.5 Å². The van der Waals surface area contributed by atoms with Crippen LogP contribution in [0.5, 0.6) is 5.75 Å². The third-order valence-corrected chi connectivity index (χ3v) is 2.70. The van der Waals surface area contributed by atoms with Crippen LogP contribution in [0, 0.1) is 0 Å². The van der Waals surface area contributed by atoms with Gasteiger partial charge in [0, 0.05) is 11.6 Å². The lowest BCUT2D eigenvalue weighted by Crippen LogP contribution is -2.43. The number of rotatable bonds is 5. The number of carbonyl (C=O) groups is 1. The lowest BCUT2D eigenvalue weighted by Gasteiger charge is -2.14. The molecule has 0 aliphatic carbocycles. The summed E-state index contributed by atoms with van der Waals surface area (Å²) in [5.74, 6) is 0.262. The maximum atomic E-state index is 11.1. The Kier molecular flexibility index (Phi) is 3.74. The second-order valence-corrected chi connectivity index (χ2v) is 3.88. The average molecular weight is 245 g/mol. The highest BCUT2D eigenvalue weighted by Crippen LogP contribution is 2.23. The first-order valence-electron chi connectivity index (χ1n) is 5.65. The van der Waals surface area contributed by atoms with Gasteiger partial charge in [0.25, 0.3) is 0 Å². The zero-order chi connectivity index (χ0) is 13.0. The van der Waals surface area contributed by atoms with E-state index >= 15 is 0 Å². The molecule has 2 rings (SSSR count). The molecule has 5 heteroatoms. The number of pyridine rings is 1. The van der Waals surface area contributed by atoms with E-state index in [1.165, 1.54) is 0 Å². The second kappa shape index (κ2) is 5.46. The number of primary amides is 1. The van der Waals surface area contributed by atoms with E-state index < -0.39 is 11.9 Å². The molecule has 18 heavy (non-hydrogen) atoms. The largest absolute Gasteiger partial charge is 0.491 e. The maximum Gasteiger partial charge on any atom is 0.238 e. The van der Waals surface area contributed by atoms with Crippen LogP contribution < -0.4 is 15.8 Å². The molecule has 0 aliphatic rings. The standard InChI is InChI=1S/C13H15N3O2/c1-15-11(13(14)17)8-18-12-6-2-5-10-9(12)4-3-7-16-10/h2-7,11,15H,8H2,1H3,(H2,14,17). The highest BCUT2D eigenvalue weighted by molar-refractivity contribution is 5.85. The number of nitrogens with two attached hydrogens (primary N) is 1. The third kappa shape index (κ3) is 2.57. The fraction of sp³-hybridized carbons (Fsp3) is 0.231. The number of hydrogen-bond acceptors (Lipinski definition) is 4. The molecule has 5 nitrogen and oxygen atoms in total. The Morgan fingerprint density at radius 2 is 2.28 bits per heavy atom. The van der Waals surface area contributed by atoms with Crippen molar-refractivity contribution in [2.75, 3.05) is 13.7 Å². The number of benzene rings is 1. The van der Waals surface area contributed by atoms with Crippen molar-refractivity contribution in [3.05, 3.63) is 36.5 Å². The van der Waals surface area contributed by atoms with Crippen molar-refractivity contribution < 1.29 is 9.53 Å². The van der Waals surface area contributed by atoms with E-state index in [9.17, 15) is 4.79 Å². The van der Waals surface area contributed by atoms with Crippen LogP contribution in [0.25, 0.3) is 10.9 Å². The van der Waals surface area contributed by atoms with Crippen LogP contribution >= 0.6 is 0 Å². The topological polar surface area (TPSA) is 77.2 Å². The van der Waals surface area contributed by atoms with Gasteiger partial charge in [0.1, 0.15) is 18.4 Å². The molecule has 1 aromatic heterocycles. The highest BCUT2D eigenvalue weighted by Gasteiger charge is 2.13. The summed E-state index contributed by atoms with van der Waals surface area (Å²) in [6.45, 7) is 0.194. The molecule has 1 atom stereocenters. The van der Waals surface area contributed by atoms with Gasteiger partial charge in [-0.15, -0.1) is 0 Å². The number of amides is 1. The zero-order valence-corrected chi connectivity index (χ0v) is 10.1. The van der Waals surface area contributed by atoms with Gasteiger partial charge in [-0.2, -0.15) is 0 Å². The molecule has 2 aromatic rings. The van der Waals surface area contributed by atoms with Gasteiger partial charge in [0.05, 0.1) is 5.52 Å². The molecule has 0 spiro atoms. The van der Waals surface area contributed by atoms with E-state index in [4.69, 9.17) is 10.5 Å². The molecule has 0 fully saturated rings. The van der Waals surface area contributed by atoms with Crippen molar-refractivity contribution in [1.29, 1.82) is 0 Å². The monoisotopic (exact) mass is 245 g/mol. The van der Waals surface area contributed by atoms with E-state index in [2.05, 4.69) is 10.3 Å². The summed E-state index contributed by atoms with van der Waals surface area (Å²) in [6.07, 6.45) is 1.73. The SMILES string of the molecule is CNC(COc1cccc2ncccc12)C(N)=O. The molecule has 1 heterocycles. The predicted molar refractivity (Wildman–Crippen MR) is 69.3 cm³/mol. The van der Waals surface area contributed by atoms with Crippen molar-refractivity contribution >= 4 is 16.8 Å². The van der Waals surface area contributed by atoms with Gasteiger partial charge in [0.2, 0.25) is 5.91 Å². The number of nitrogens with zero attached hydrogens (tertiary/aromatic N) is 1. The lowest BCUT2D eigenvalue weighted by molar-refractivity contribution is -0.120. The Balaban J connectivity index is 2.19. The molecule has 94 valence electrons. The van der Waals surface area contributed by atoms with Gasteiger partial charge in [-0.05, 0) is 31.3 Å². The normalized spacial score (nSPS) is 12.3. The molecule has 1 unspecified atom stereocenters. The number of likely N-dealkylation sites (N-methyl/N-ethyl adjacent to an activating group) is 1. The van der Waals surface area contributed by atoms with Crippen molar-refractivity contribution in [2.45, 2.75) is 6.04 Å². The molecular formula is C13H15N3O2. The smallest absolute Gasteiger partial charge is 0.238 e. The van der Waals surface area contributed by atoms with Gasteiger partial charge < -0.3 is 15.8 Å². The number of fused-ring (bicyclic) bond motifs is 1. The average Bonchev–Trinajstić information content (AvgIpc) is 2.39. The number of nitrogens with one attached hydrogen (secondary N) is 1. The first-order chi connectivity index (χ1) is 8.72. The van der Waals surface area contributed by atoms with E-state index in [0.29, 0.717) is 5.75 Å². The fourth-order valence-electron chi connectivity index (χ4n) is 1.68. The molecule has 1 amide bonds. The Bertz CT molecular complexity index is 551. The first-order valence-corrected chi connectivity index (χ1v) is 5.65. The minimum atomic E-state index is -0.503. The molecule has 1 aromatic carbocycles. The molecule has 0 saturated carbocycles. The van der Waals surface area contributed by atoms with Crippen LogP contribution in [-0.4, -0.2) is 30.6 Å². The summed E-state index contributed by atoms with van der Waals surface area (Å²) >= 11 is 0. The van der Waals surface area contributed by atoms with Crippen LogP contribution in [-0.2, 0) is 4.79 Å². The summed E-state index contributed by atoms with van der Waals surface area (Å²) in [4.78, 5) is 15.3. The summed E-state index contributed by atoms with van der Waals surface area (Å²) in [7, 11) is 1.67. The molecule has 0 radical (unpaired) electrons. The van der Waals surface area contributed by atoms with Crippen LogP contribution in [0.4, 0.5) is 0 Å². The van der Waals surface area contributed by atoms with Crippen molar-refractivity contribution in [3.63, 3.8) is 0 Å². The Morgan fingerprint density at radius 1 is 1.44 bits per heavy atom. The molecule has 0 aliphatic heterocycles. The van der Waals surface area contributed by atoms with E-state index in [0.717, 1.165) is 10.9 Å². The summed E-state index contributed by atoms with van der Waals surface area (Å²) in [5.41, 5.74) is 6.09. The van der Waals surface area contributed by atoms with Gasteiger partial charge in [0.15, 0.2) is 0 Å². The number of carbonyl (C=O) groups excluding carboxylic acids is 1. The maximum absolute atomic E-state index is 11.1. The van der Waals surface area contributed by atoms with Crippen molar-refractivity contribution in [3.8, 4) is 5.75 Å². The van der Waals surface area contributed by atoms with E-state index in [1.54, 1.807) is 13.2 Å². The Morgan fingerprint density at radius 3 is 3.00 bits per heavy atom. The Labute approximate surface area is 105 Å². The minimum absolute atomic E-state index is 0.194. The summed E-state index contributed by atoms with van der Waals surface area (Å²) < 4.78 is 5.63. The highest BCUT2D eigenvalue weighted by atomic mass is 16.5. The minimum Gasteiger partial charge on any atom is -0.491 e. The van der Waals surface area contributed by atoms with Gasteiger partial charge in [-0.25, -0.2) is 0 Å². The molecule has 0 saturated heterocycles. The van der Waals surface area contributed by atoms with E-state index in [-0.39, 0.29) is 6.61 Å². The van der Waals surface area contributed by atoms with Gasteiger partial charge >= 0.3 is 0 Å². The summed E-state index contributed by atoms with van der Waals surface area (Å²) in [5, 5.41) is 3.72. The van der Waals surface area contributed by atoms with Crippen molar-refractivity contribution in [2.24, 2.45) is 5.73 Å². The quantitative estimate of drug-likeness (QED) is 0.812. The molecule has 3 N–H and O–H groups in total. The first kappa shape index (κ1) is 12.3. The third-order valence-electron chi connectivity index (χ3n) is 2.70. The Hall–Kier alpha value is -2.14. The van der Waals surface area contributed by atoms with Crippen LogP contribution in [0.2, 0.25) is 0 Å². The lowest BCUT2D eigenvalue weighted by atomic mass is 10.2. The van der Waals surface area contributed by atoms with Crippen LogP contribution in [0.3, 0.4) is 0 Å². The van der Waals surface area contributed by atoms with Crippen LogP contribution in [0.1, 0.15) is 0 Å². The molecular weight excluding hydrogens is 230 g/mol.